The molecule has 18 heteroatoms. The number of aryl methyl sites for hydroxylation is 1. The molecule has 2 aliphatic heterocycles. The zero-order chi connectivity index (χ0) is 32.2. The summed E-state index contributed by atoms with van der Waals surface area (Å²) in [6.07, 6.45) is 8.58. The number of thiazole rings is 1. The molecule has 0 spiro atoms. The Balaban J connectivity index is 1.42. The molecule has 45 heavy (non-hydrogen) atoms. The third kappa shape index (κ3) is 8.82. The van der Waals surface area contributed by atoms with Gasteiger partial charge in [-0.15, -0.1) is 28.2 Å². The summed E-state index contributed by atoms with van der Waals surface area (Å²) >= 11 is 3.80. The first kappa shape index (κ1) is 34.4. The van der Waals surface area contributed by atoms with Gasteiger partial charge in [0.15, 0.2) is 10.8 Å². The number of carboxylic acids is 1. The van der Waals surface area contributed by atoms with Gasteiger partial charge in [-0.3, -0.25) is 19.3 Å². The van der Waals surface area contributed by atoms with Crippen LogP contribution < -0.4 is 10.6 Å². The monoisotopic (exact) mass is 679 g/mol. The number of carbonyl (C=O) groups excluding carboxylic acids is 3. The van der Waals surface area contributed by atoms with Gasteiger partial charge in [-0.05, 0) is 35.3 Å². The molecule has 2 aromatic rings. The molecule has 15 nitrogen and oxygen atoms in total. The van der Waals surface area contributed by atoms with E-state index < -0.39 is 29.2 Å². The first-order chi connectivity index (χ1) is 21.9. The maximum absolute atomic E-state index is 13.4. The van der Waals surface area contributed by atoms with Crippen molar-refractivity contribution in [1.29, 1.82) is 0 Å². The second-order valence-corrected chi connectivity index (χ2v) is 13.2. The second-order valence-electron chi connectivity index (χ2n) is 10.3. The number of carbonyl (C=O) groups is 4. The lowest BCUT2D eigenvalue weighted by atomic mass is 10.0. The van der Waals surface area contributed by atoms with Crippen LogP contribution in [0.2, 0.25) is 0 Å². The molecule has 0 aromatic carbocycles. The number of nitrogens with zero attached hydrogens (tertiary/aromatic N) is 7. The van der Waals surface area contributed by atoms with E-state index in [1.54, 1.807) is 10.1 Å². The normalized spacial score (nSPS) is 18.0. The molecule has 2 aliphatic rings. The number of thioether (sulfide) groups is 2. The van der Waals surface area contributed by atoms with Crippen LogP contribution in [-0.4, -0.2) is 94.6 Å². The van der Waals surface area contributed by atoms with Crippen LogP contribution in [0.15, 0.2) is 27.0 Å². The molecule has 4 heterocycles. The van der Waals surface area contributed by atoms with Gasteiger partial charge in [-0.1, -0.05) is 62.9 Å². The Morgan fingerprint density at radius 1 is 1.20 bits per heavy atom. The largest absolute Gasteiger partial charge is 0.477 e. The maximum atomic E-state index is 13.4. The lowest BCUT2D eigenvalue weighted by Gasteiger charge is -2.49. The van der Waals surface area contributed by atoms with Gasteiger partial charge in [0.1, 0.15) is 29.4 Å². The van der Waals surface area contributed by atoms with E-state index in [1.165, 1.54) is 28.4 Å². The van der Waals surface area contributed by atoms with Crippen molar-refractivity contribution in [2.24, 2.45) is 5.16 Å². The Bertz CT molecular complexity index is 1410. The number of hydrogen-bond donors (Lipinski definition) is 3. The zero-order valence-electron chi connectivity index (χ0n) is 25.1. The zero-order valence-corrected chi connectivity index (χ0v) is 27.6. The summed E-state index contributed by atoms with van der Waals surface area (Å²) < 4.78 is 1.72. The fraction of sp³-hybridized carbons (Fsp3) is 0.593. The van der Waals surface area contributed by atoms with E-state index in [1.807, 2.05) is 0 Å². The van der Waals surface area contributed by atoms with Crippen LogP contribution in [0.25, 0.3) is 0 Å². The summed E-state index contributed by atoms with van der Waals surface area (Å²) in [6.45, 7) is 5.21. The molecule has 1 unspecified atom stereocenters. The Labute approximate surface area is 273 Å². The summed E-state index contributed by atoms with van der Waals surface area (Å²) in [4.78, 5) is 60.7. The molecular weight excluding hydrogens is 643 g/mol. The van der Waals surface area contributed by atoms with E-state index in [-0.39, 0.29) is 22.2 Å². The number of β-lactam (4-membered cyclic amide) rings is 1. The predicted molar refractivity (Wildman–Crippen MR) is 171 cm³/mol. The number of fused-ring (bicyclic) bond motifs is 1. The maximum Gasteiger partial charge on any atom is 0.352 e. The minimum atomic E-state index is -1.22. The summed E-state index contributed by atoms with van der Waals surface area (Å²) in [5.74, 6) is -1.81. The van der Waals surface area contributed by atoms with Gasteiger partial charge in [0, 0.05) is 23.4 Å². The predicted octanol–water partition coefficient (Wildman–Crippen LogP) is 3.11. The molecule has 0 bridgehead atoms. The van der Waals surface area contributed by atoms with E-state index in [0.29, 0.717) is 41.8 Å². The van der Waals surface area contributed by atoms with Crippen molar-refractivity contribution in [2.45, 2.75) is 88.3 Å². The number of amides is 3. The van der Waals surface area contributed by atoms with Crippen molar-refractivity contribution < 1.29 is 29.1 Å². The molecule has 1 saturated heterocycles. The van der Waals surface area contributed by atoms with Crippen LogP contribution in [0, 0.1) is 0 Å². The van der Waals surface area contributed by atoms with Crippen molar-refractivity contribution >= 4 is 69.9 Å². The molecule has 244 valence electrons. The molecule has 0 aliphatic carbocycles. The van der Waals surface area contributed by atoms with Gasteiger partial charge >= 0.3 is 5.97 Å². The average Bonchev–Trinajstić information content (AvgIpc) is 3.69. The quantitative estimate of drug-likeness (QED) is 0.0463. The van der Waals surface area contributed by atoms with E-state index in [0.717, 1.165) is 62.7 Å². The van der Waals surface area contributed by atoms with Crippen LogP contribution in [0.1, 0.15) is 70.9 Å². The molecule has 0 saturated carbocycles. The number of hydrogen-bond acceptors (Lipinski definition) is 13. The van der Waals surface area contributed by atoms with E-state index in [4.69, 9.17) is 4.84 Å². The minimum absolute atomic E-state index is 0.0860. The number of rotatable bonds is 20. The molecule has 3 amide bonds. The smallest absolute Gasteiger partial charge is 0.352 e. The van der Waals surface area contributed by atoms with Gasteiger partial charge in [0.25, 0.3) is 11.8 Å². The molecule has 2 aromatic heterocycles. The molecule has 4 rings (SSSR count). The topological polar surface area (TPSA) is 194 Å². The second kappa shape index (κ2) is 17.3. The first-order valence-electron chi connectivity index (χ1n) is 14.8. The highest BCUT2D eigenvalue weighted by Gasteiger charge is 2.54. The molecular formula is C27H37N9O6S3. The third-order valence-electron chi connectivity index (χ3n) is 7.02. The summed E-state index contributed by atoms with van der Waals surface area (Å²) in [6, 6.07) is -0.970. The Hall–Kier alpha value is -3.51. The first-order valence-corrected chi connectivity index (χ1v) is 17.8. The van der Waals surface area contributed by atoms with Crippen molar-refractivity contribution in [2.75, 3.05) is 23.4 Å². The summed E-state index contributed by atoms with van der Waals surface area (Å²) in [5, 5.41) is 32.9. The fourth-order valence-corrected chi connectivity index (χ4v) is 7.73. The number of tetrazole rings is 1. The number of oxime groups is 1. The van der Waals surface area contributed by atoms with E-state index in [9.17, 15) is 24.3 Å². The standard InChI is InChI=1S/C27H37N9O6S3/c1-3-5-7-9-11-35-27(31-33-34-35)45-14-17-13-43-24-20(23(39)36(24)21(17)25(40)41)30-22(38)19(32-42-12-10-8-6-4-2)18-15-44-26(29-18)28-16-37/h15-16,20,24H,3-14H2,1-2H3,(H,30,38)(H,40,41)(H,28,29,37)/t20?,24-/m1/s1. The minimum Gasteiger partial charge on any atom is -0.477 e. The lowest BCUT2D eigenvalue weighted by molar-refractivity contribution is -0.150. The van der Waals surface area contributed by atoms with Crippen molar-refractivity contribution in [3.8, 4) is 0 Å². The number of aliphatic carboxylic acids is 1. The van der Waals surface area contributed by atoms with Crippen LogP contribution in [0.4, 0.5) is 5.13 Å². The van der Waals surface area contributed by atoms with Crippen LogP contribution in [0.5, 0.6) is 0 Å². The number of aromatic nitrogens is 5. The number of unbranched alkanes of at least 4 members (excludes halogenated alkanes) is 6. The molecule has 1 fully saturated rings. The Morgan fingerprint density at radius 3 is 2.71 bits per heavy atom. The van der Waals surface area contributed by atoms with Gasteiger partial charge in [-0.25, -0.2) is 14.5 Å². The van der Waals surface area contributed by atoms with E-state index in [2.05, 4.69) is 50.1 Å². The van der Waals surface area contributed by atoms with Crippen LogP contribution in [-0.2, 0) is 30.6 Å². The van der Waals surface area contributed by atoms with Gasteiger partial charge < -0.3 is 20.6 Å². The third-order valence-corrected chi connectivity index (χ3v) is 10.2. The Kier molecular flexibility index (Phi) is 13.2. The van der Waals surface area contributed by atoms with Crippen molar-refractivity contribution in [3.05, 3.63) is 22.3 Å². The van der Waals surface area contributed by atoms with E-state index >= 15 is 0 Å². The summed E-state index contributed by atoms with van der Waals surface area (Å²) in [7, 11) is 0. The highest BCUT2D eigenvalue weighted by atomic mass is 32.2. The van der Waals surface area contributed by atoms with Crippen LogP contribution in [0.3, 0.4) is 0 Å². The Morgan fingerprint density at radius 2 is 1.98 bits per heavy atom. The lowest BCUT2D eigenvalue weighted by Crippen LogP contribution is -2.71. The number of carboxylic acid groups (broad SMARTS) is 1. The van der Waals surface area contributed by atoms with Crippen LogP contribution >= 0.6 is 34.9 Å². The SMILES string of the molecule is CCCCCCON=C(C(=O)NC1C(=O)N2C(C(=O)O)=C(CSc3nnnn3CCCCCC)CS[C@H]12)c1csc(NC=O)n1. The molecule has 0 radical (unpaired) electrons. The highest BCUT2D eigenvalue weighted by Crippen LogP contribution is 2.41. The molecule has 3 N–H and O–H groups in total. The highest BCUT2D eigenvalue weighted by molar-refractivity contribution is 8.01. The fourth-order valence-electron chi connectivity index (χ4n) is 4.69. The van der Waals surface area contributed by atoms with Crippen molar-refractivity contribution in [1.82, 2.24) is 35.4 Å². The summed E-state index contributed by atoms with van der Waals surface area (Å²) in [5.41, 5.74) is 0.514. The van der Waals surface area contributed by atoms with Crippen molar-refractivity contribution in [3.63, 3.8) is 0 Å². The van der Waals surface area contributed by atoms with Gasteiger partial charge in [-0.2, -0.15) is 0 Å². The van der Waals surface area contributed by atoms with Gasteiger partial charge in [0.2, 0.25) is 11.6 Å². The number of anilines is 1. The van der Waals surface area contributed by atoms with Gasteiger partial charge in [0.05, 0.1) is 0 Å². The average molecular weight is 680 g/mol. The number of nitrogens with one attached hydrogen (secondary N) is 2. The molecule has 2 atom stereocenters.